The summed E-state index contributed by atoms with van der Waals surface area (Å²) in [5.74, 6) is 1.59. The van der Waals surface area contributed by atoms with Gasteiger partial charge in [0, 0.05) is 29.9 Å². The van der Waals surface area contributed by atoms with Gasteiger partial charge in [-0.15, -0.1) is 11.6 Å². The summed E-state index contributed by atoms with van der Waals surface area (Å²) >= 11 is 5.79. The van der Waals surface area contributed by atoms with E-state index in [-0.39, 0.29) is 0 Å². The topological polar surface area (TPSA) is 29.0 Å². The van der Waals surface area contributed by atoms with Crippen molar-refractivity contribution in [3.8, 4) is 0 Å². The molecule has 1 aliphatic carbocycles. The first-order chi connectivity index (χ1) is 8.20. The lowest BCUT2D eigenvalue weighted by Crippen LogP contribution is -2.42. The fraction of sp³-hybridized carbons (Fsp3) is 0.692. The summed E-state index contributed by atoms with van der Waals surface area (Å²) in [7, 11) is 0. The van der Waals surface area contributed by atoms with Crippen LogP contribution in [0.4, 0.5) is 5.95 Å². The molecule has 1 aromatic rings. The van der Waals surface area contributed by atoms with E-state index in [1.165, 1.54) is 19.3 Å². The van der Waals surface area contributed by atoms with Gasteiger partial charge >= 0.3 is 0 Å². The van der Waals surface area contributed by atoms with Gasteiger partial charge in [0.25, 0.3) is 0 Å². The van der Waals surface area contributed by atoms with E-state index in [9.17, 15) is 0 Å². The molecular formula is C13H20ClN3. The van der Waals surface area contributed by atoms with Gasteiger partial charge in [-0.1, -0.05) is 0 Å². The molecule has 1 aromatic heterocycles. The van der Waals surface area contributed by atoms with E-state index < -0.39 is 0 Å². The number of hydrogen-bond donors (Lipinski definition) is 0. The van der Waals surface area contributed by atoms with Crippen LogP contribution in [0.3, 0.4) is 0 Å². The number of hydrogen-bond acceptors (Lipinski definition) is 3. The Morgan fingerprint density at radius 2 is 1.94 bits per heavy atom. The Hall–Kier alpha value is -0.830. The molecule has 0 radical (unpaired) electrons. The normalized spacial score (nSPS) is 15.7. The van der Waals surface area contributed by atoms with E-state index in [2.05, 4.69) is 14.9 Å². The molecule has 0 spiro atoms. The Morgan fingerprint density at radius 1 is 1.29 bits per heavy atom. The summed E-state index contributed by atoms with van der Waals surface area (Å²) in [6.07, 6.45) is 4.85. The van der Waals surface area contributed by atoms with Crippen molar-refractivity contribution >= 4 is 17.5 Å². The minimum Gasteiger partial charge on any atom is -0.338 e. The molecule has 0 bridgehead atoms. The van der Waals surface area contributed by atoms with Crippen molar-refractivity contribution < 1.29 is 0 Å². The maximum Gasteiger partial charge on any atom is 0.226 e. The molecule has 2 rings (SSSR count). The second kappa shape index (κ2) is 5.67. The minimum absolute atomic E-state index is 0.624. The zero-order valence-corrected chi connectivity index (χ0v) is 11.4. The molecule has 3 nitrogen and oxygen atoms in total. The zero-order chi connectivity index (χ0) is 12.3. The van der Waals surface area contributed by atoms with Crippen LogP contribution in [0.2, 0.25) is 0 Å². The Balaban J connectivity index is 2.17. The number of aromatic nitrogens is 2. The lowest BCUT2D eigenvalue weighted by Gasteiger charge is -2.37. The van der Waals surface area contributed by atoms with E-state index in [4.69, 9.17) is 11.6 Å². The Kier molecular flexibility index (Phi) is 4.21. The van der Waals surface area contributed by atoms with Gasteiger partial charge in [-0.2, -0.15) is 0 Å². The SMILES string of the molecule is Cc1cc(C)nc(N(CCCCl)C2CCC2)n1. The van der Waals surface area contributed by atoms with Crippen molar-refractivity contribution in [3.63, 3.8) is 0 Å². The molecule has 1 aliphatic rings. The molecule has 1 fully saturated rings. The van der Waals surface area contributed by atoms with Crippen molar-refractivity contribution in [2.24, 2.45) is 0 Å². The third-order valence-corrected chi connectivity index (χ3v) is 3.54. The first kappa shape index (κ1) is 12.6. The van der Waals surface area contributed by atoms with E-state index >= 15 is 0 Å². The molecule has 0 aromatic carbocycles. The van der Waals surface area contributed by atoms with Crippen molar-refractivity contribution in [3.05, 3.63) is 17.5 Å². The molecule has 0 amide bonds. The van der Waals surface area contributed by atoms with E-state index in [0.717, 1.165) is 30.3 Å². The van der Waals surface area contributed by atoms with Gasteiger partial charge < -0.3 is 4.90 Å². The Labute approximate surface area is 108 Å². The quantitative estimate of drug-likeness (QED) is 0.756. The maximum atomic E-state index is 5.79. The molecule has 94 valence electrons. The molecular weight excluding hydrogens is 234 g/mol. The van der Waals surface area contributed by atoms with Crippen molar-refractivity contribution in [2.45, 2.75) is 45.6 Å². The van der Waals surface area contributed by atoms with Gasteiger partial charge in [0.2, 0.25) is 5.95 Å². The van der Waals surface area contributed by atoms with Crippen molar-refractivity contribution in [1.29, 1.82) is 0 Å². The van der Waals surface area contributed by atoms with Gasteiger partial charge in [-0.3, -0.25) is 0 Å². The van der Waals surface area contributed by atoms with Crippen LogP contribution in [0.5, 0.6) is 0 Å². The average molecular weight is 254 g/mol. The molecule has 17 heavy (non-hydrogen) atoms. The molecule has 0 N–H and O–H groups in total. The van der Waals surface area contributed by atoms with Crippen LogP contribution in [-0.2, 0) is 0 Å². The zero-order valence-electron chi connectivity index (χ0n) is 10.6. The summed E-state index contributed by atoms with van der Waals surface area (Å²) in [5, 5.41) is 0. The smallest absolute Gasteiger partial charge is 0.226 e. The van der Waals surface area contributed by atoms with Crippen LogP contribution in [0.25, 0.3) is 0 Å². The summed E-state index contributed by atoms with van der Waals surface area (Å²) in [5.41, 5.74) is 2.09. The molecule has 0 unspecified atom stereocenters. The fourth-order valence-corrected chi connectivity index (χ4v) is 2.33. The number of alkyl halides is 1. The van der Waals surface area contributed by atoms with Crippen LogP contribution in [0.15, 0.2) is 6.07 Å². The van der Waals surface area contributed by atoms with Crippen LogP contribution in [0.1, 0.15) is 37.1 Å². The lowest BCUT2D eigenvalue weighted by molar-refractivity contribution is 0.381. The largest absolute Gasteiger partial charge is 0.338 e. The highest BCUT2D eigenvalue weighted by Crippen LogP contribution is 2.28. The Morgan fingerprint density at radius 3 is 2.41 bits per heavy atom. The highest BCUT2D eigenvalue weighted by atomic mass is 35.5. The van der Waals surface area contributed by atoms with Gasteiger partial charge in [0.05, 0.1) is 0 Å². The molecule has 4 heteroatoms. The molecule has 1 heterocycles. The van der Waals surface area contributed by atoms with Gasteiger partial charge in [-0.05, 0) is 45.6 Å². The molecule has 0 atom stereocenters. The first-order valence-corrected chi connectivity index (χ1v) is 6.89. The molecule has 1 saturated carbocycles. The van der Waals surface area contributed by atoms with Gasteiger partial charge in [0.15, 0.2) is 0 Å². The van der Waals surface area contributed by atoms with Gasteiger partial charge in [0.1, 0.15) is 0 Å². The summed E-state index contributed by atoms with van der Waals surface area (Å²) in [4.78, 5) is 11.5. The molecule has 0 aliphatic heterocycles. The summed E-state index contributed by atoms with van der Waals surface area (Å²) in [6, 6.07) is 2.64. The maximum absolute atomic E-state index is 5.79. The number of rotatable bonds is 5. The van der Waals surface area contributed by atoms with E-state index in [0.29, 0.717) is 11.9 Å². The van der Waals surface area contributed by atoms with E-state index in [1.54, 1.807) is 0 Å². The minimum atomic E-state index is 0.624. The Bertz CT molecular complexity index is 357. The lowest BCUT2D eigenvalue weighted by atomic mass is 9.91. The van der Waals surface area contributed by atoms with Crippen LogP contribution >= 0.6 is 11.6 Å². The van der Waals surface area contributed by atoms with Gasteiger partial charge in [-0.25, -0.2) is 9.97 Å². The van der Waals surface area contributed by atoms with E-state index in [1.807, 2.05) is 19.9 Å². The average Bonchev–Trinajstić information content (AvgIpc) is 2.19. The second-order valence-corrected chi connectivity index (χ2v) is 5.15. The van der Waals surface area contributed by atoms with Crippen LogP contribution in [0, 0.1) is 13.8 Å². The monoisotopic (exact) mass is 253 g/mol. The number of nitrogens with zero attached hydrogens (tertiary/aromatic N) is 3. The predicted octanol–water partition coefficient (Wildman–Crippen LogP) is 3.08. The summed E-state index contributed by atoms with van der Waals surface area (Å²) < 4.78 is 0. The predicted molar refractivity (Wildman–Crippen MR) is 71.8 cm³/mol. The fourth-order valence-electron chi connectivity index (χ4n) is 2.21. The highest BCUT2D eigenvalue weighted by molar-refractivity contribution is 6.17. The third kappa shape index (κ3) is 3.09. The first-order valence-electron chi connectivity index (χ1n) is 6.35. The van der Waals surface area contributed by atoms with Crippen molar-refractivity contribution in [1.82, 2.24) is 9.97 Å². The van der Waals surface area contributed by atoms with Crippen molar-refractivity contribution in [2.75, 3.05) is 17.3 Å². The highest BCUT2D eigenvalue weighted by Gasteiger charge is 2.26. The van der Waals surface area contributed by atoms with Crippen LogP contribution in [-0.4, -0.2) is 28.4 Å². The molecule has 0 saturated heterocycles. The van der Waals surface area contributed by atoms with Crippen LogP contribution < -0.4 is 4.90 Å². The number of anilines is 1. The number of aryl methyl sites for hydroxylation is 2. The standard InChI is InChI=1S/C13H20ClN3/c1-10-9-11(2)16-13(15-10)17(8-4-7-14)12-5-3-6-12/h9,12H,3-8H2,1-2H3. The third-order valence-electron chi connectivity index (χ3n) is 3.28. The number of halogens is 1. The second-order valence-electron chi connectivity index (χ2n) is 4.77. The summed E-state index contributed by atoms with van der Waals surface area (Å²) in [6.45, 7) is 5.02.